The topological polar surface area (TPSA) is 25.2 Å². The van der Waals surface area contributed by atoms with Crippen LogP contribution in [-0.2, 0) is 0 Å². The first-order chi connectivity index (χ1) is 6.90. The molecule has 2 nitrogen and oxygen atoms in total. The van der Waals surface area contributed by atoms with Gasteiger partial charge >= 0.3 is 0 Å². The first-order valence-corrected chi connectivity index (χ1v) is 5.69. The maximum atomic E-state index is 5.43. The third-order valence-electron chi connectivity index (χ3n) is 3.09. The van der Waals surface area contributed by atoms with Crippen molar-refractivity contribution in [3.8, 4) is 0 Å². The number of hydrogen-bond acceptors (Lipinski definition) is 2. The van der Waals surface area contributed by atoms with Gasteiger partial charge in [0, 0.05) is 6.04 Å². The predicted octanol–water partition coefficient (Wildman–Crippen LogP) is 3.26. The molecule has 0 aliphatic heterocycles. The van der Waals surface area contributed by atoms with Crippen LogP contribution in [0, 0.1) is 0 Å². The van der Waals surface area contributed by atoms with Crippen LogP contribution in [0.2, 0.25) is 0 Å². The first-order valence-electron chi connectivity index (χ1n) is 5.69. The molecule has 1 aromatic heterocycles. The van der Waals surface area contributed by atoms with Crippen LogP contribution in [-0.4, -0.2) is 6.04 Å². The van der Waals surface area contributed by atoms with Crippen molar-refractivity contribution in [3.05, 3.63) is 24.2 Å². The molecule has 1 atom stereocenters. The molecular weight excluding hydrogens is 174 g/mol. The van der Waals surface area contributed by atoms with Crippen molar-refractivity contribution in [1.29, 1.82) is 0 Å². The lowest BCUT2D eigenvalue weighted by atomic mass is 10.1. The molecule has 2 heteroatoms. The third kappa shape index (κ3) is 2.18. The van der Waals surface area contributed by atoms with Crippen LogP contribution >= 0.6 is 0 Å². The fraction of sp³-hybridized carbons (Fsp3) is 0.667. The van der Waals surface area contributed by atoms with Gasteiger partial charge in [0.05, 0.1) is 12.3 Å². The zero-order valence-corrected chi connectivity index (χ0v) is 8.83. The molecule has 1 aliphatic carbocycles. The van der Waals surface area contributed by atoms with E-state index in [1.165, 1.54) is 25.7 Å². The maximum Gasteiger partial charge on any atom is 0.120 e. The molecule has 1 aromatic rings. The van der Waals surface area contributed by atoms with Gasteiger partial charge in [-0.25, -0.2) is 0 Å². The molecule has 0 aromatic carbocycles. The summed E-state index contributed by atoms with van der Waals surface area (Å²) in [4.78, 5) is 0. The van der Waals surface area contributed by atoms with Crippen molar-refractivity contribution < 1.29 is 4.42 Å². The Labute approximate surface area is 85.7 Å². The van der Waals surface area contributed by atoms with Crippen LogP contribution in [0.3, 0.4) is 0 Å². The Balaban J connectivity index is 1.93. The second-order valence-corrected chi connectivity index (χ2v) is 4.12. The summed E-state index contributed by atoms with van der Waals surface area (Å²) < 4.78 is 5.43. The summed E-state index contributed by atoms with van der Waals surface area (Å²) in [5, 5.41) is 3.67. The molecule has 1 saturated carbocycles. The number of furan rings is 1. The van der Waals surface area contributed by atoms with Gasteiger partial charge in [-0.3, -0.25) is 0 Å². The molecule has 1 unspecified atom stereocenters. The molecule has 14 heavy (non-hydrogen) atoms. The summed E-state index contributed by atoms with van der Waals surface area (Å²) in [5.41, 5.74) is 0. The average Bonchev–Trinajstić information content (AvgIpc) is 2.86. The lowest BCUT2D eigenvalue weighted by Crippen LogP contribution is -2.30. The van der Waals surface area contributed by atoms with E-state index < -0.39 is 0 Å². The molecule has 0 radical (unpaired) electrons. The molecule has 1 heterocycles. The molecular formula is C12H19NO. The van der Waals surface area contributed by atoms with Gasteiger partial charge in [-0.15, -0.1) is 0 Å². The summed E-state index contributed by atoms with van der Waals surface area (Å²) in [6.45, 7) is 2.20. The largest absolute Gasteiger partial charge is 0.468 e. The third-order valence-corrected chi connectivity index (χ3v) is 3.09. The first kappa shape index (κ1) is 9.78. The quantitative estimate of drug-likeness (QED) is 0.794. The highest BCUT2D eigenvalue weighted by molar-refractivity contribution is 5.04. The minimum Gasteiger partial charge on any atom is -0.468 e. The van der Waals surface area contributed by atoms with Gasteiger partial charge in [0.15, 0.2) is 0 Å². The highest BCUT2D eigenvalue weighted by Crippen LogP contribution is 2.23. The van der Waals surface area contributed by atoms with Crippen LogP contribution in [0.1, 0.15) is 50.8 Å². The van der Waals surface area contributed by atoms with Crippen LogP contribution in [0.15, 0.2) is 22.8 Å². The summed E-state index contributed by atoms with van der Waals surface area (Å²) in [6.07, 6.45) is 8.28. The second-order valence-electron chi connectivity index (χ2n) is 4.12. The molecule has 78 valence electrons. The zero-order chi connectivity index (χ0) is 9.80. The summed E-state index contributed by atoms with van der Waals surface area (Å²) in [5.74, 6) is 1.08. The van der Waals surface area contributed by atoms with Crippen molar-refractivity contribution in [2.75, 3.05) is 0 Å². The van der Waals surface area contributed by atoms with Crippen molar-refractivity contribution in [2.45, 2.75) is 51.1 Å². The fourth-order valence-corrected chi connectivity index (χ4v) is 2.27. The van der Waals surface area contributed by atoms with E-state index in [4.69, 9.17) is 4.42 Å². The summed E-state index contributed by atoms with van der Waals surface area (Å²) in [6, 6.07) is 5.16. The summed E-state index contributed by atoms with van der Waals surface area (Å²) >= 11 is 0. The maximum absolute atomic E-state index is 5.43. The van der Waals surface area contributed by atoms with E-state index in [1.807, 2.05) is 6.07 Å². The Morgan fingerprint density at radius 3 is 2.86 bits per heavy atom. The highest BCUT2D eigenvalue weighted by Gasteiger charge is 2.20. The smallest absolute Gasteiger partial charge is 0.120 e. The molecule has 2 rings (SSSR count). The monoisotopic (exact) mass is 193 g/mol. The normalized spacial score (nSPS) is 20.1. The average molecular weight is 193 g/mol. The van der Waals surface area contributed by atoms with E-state index in [0.717, 1.165) is 12.2 Å². The molecule has 1 fully saturated rings. The van der Waals surface area contributed by atoms with E-state index in [9.17, 15) is 0 Å². The Kier molecular flexibility index (Phi) is 3.25. The Morgan fingerprint density at radius 1 is 1.50 bits per heavy atom. The van der Waals surface area contributed by atoms with Gasteiger partial charge < -0.3 is 9.73 Å². The van der Waals surface area contributed by atoms with Gasteiger partial charge in [-0.05, 0) is 31.4 Å². The SMILES string of the molecule is CCC(NC1CCCC1)c1ccco1. The lowest BCUT2D eigenvalue weighted by Gasteiger charge is -2.19. The number of hydrogen-bond donors (Lipinski definition) is 1. The van der Waals surface area contributed by atoms with Gasteiger partial charge in [0.1, 0.15) is 5.76 Å². The Hall–Kier alpha value is -0.760. The van der Waals surface area contributed by atoms with Crippen molar-refractivity contribution in [3.63, 3.8) is 0 Å². The molecule has 0 bridgehead atoms. The van der Waals surface area contributed by atoms with Crippen LogP contribution in [0.25, 0.3) is 0 Å². The second kappa shape index (κ2) is 4.65. The van der Waals surface area contributed by atoms with E-state index in [1.54, 1.807) is 6.26 Å². The van der Waals surface area contributed by atoms with E-state index in [2.05, 4.69) is 18.3 Å². The number of nitrogens with one attached hydrogen (secondary N) is 1. The Bertz CT molecular complexity index is 249. The van der Waals surface area contributed by atoms with Crippen molar-refractivity contribution in [1.82, 2.24) is 5.32 Å². The van der Waals surface area contributed by atoms with E-state index in [0.29, 0.717) is 12.1 Å². The van der Waals surface area contributed by atoms with Crippen LogP contribution < -0.4 is 5.32 Å². The summed E-state index contributed by atoms with van der Waals surface area (Å²) in [7, 11) is 0. The fourth-order valence-electron chi connectivity index (χ4n) is 2.27. The van der Waals surface area contributed by atoms with Gasteiger partial charge in [-0.1, -0.05) is 19.8 Å². The molecule has 0 amide bonds. The van der Waals surface area contributed by atoms with Gasteiger partial charge in [0.25, 0.3) is 0 Å². The van der Waals surface area contributed by atoms with E-state index >= 15 is 0 Å². The van der Waals surface area contributed by atoms with Gasteiger partial charge in [0.2, 0.25) is 0 Å². The lowest BCUT2D eigenvalue weighted by molar-refractivity contribution is 0.365. The predicted molar refractivity (Wildman–Crippen MR) is 57.1 cm³/mol. The van der Waals surface area contributed by atoms with Crippen molar-refractivity contribution in [2.24, 2.45) is 0 Å². The van der Waals surface area contributed by atoms with Gasteiger partial charge in [-0.2, -0.15) is 0 Å². The minimum absolute atomic E-state index is 0.410. The van der Waals surface area contributed by atoms with Crippen molar-refractivity contribution >= 4 is 0 Å². The molecule has 0 saturated heterocycles. The zero-order valence-electron chi connectivity index (χ0n) is 8.83. The van der Waals surface area contributed by atoms with Crippen LogP contribution in [0.4, 0.5) is 0 Å². The molecule has 1 N–H and O–H groups in total. The molecule has 1 aliphatic rings. The number of rotatable bonds is 4. The molecule has 0 spiro atoms. The Morgan fingerprint density at radius 2 is 2.29 bits per heavy atom. The minimum atomic E-state index is 0.410. The standard InChI is InChI=1S/C12H19NO/c1-2-11(12-8-5-9-14-12)13-10-6-3-4-7-10/h5,8-11,13H,2-4,6-7H2,1H3. The van der Waals surface area contributed by atoms with Crippen LogP contribution in [0.5, 0.6) is 0 Å². The highest BCUT2D eigenvalue weighted by atomic mass is 16.3. The van der Waals surface area contributed by atoms with E-state index in [-0.39, 0.29) is 0 Å².